The van der Waals surface area contributed by atoms with Crippen LogP contribution in [0.5, 0.6) is 0 Å². The predicted molar refractivity (Wildman–Crippen MR) is 114 cm³/mol. The summed E-state index contributed by atoms with van der Waals surface area (Å²) in [6, 6.07) is 5.98. The molecule has 1 aromatic heterocycles. The van der Waals surface area contributed by atoms with E-state index in [2.05, 4.69) is 25.8 Å². The number of carbonyl (C=O) groups excluding carboxylic acids is 1. The number of aromatic nitrogens is 1. The third-order valence-electron chi connectivity index (χ3n) is 6.22. The van der Waals surface area contributed by atoms with Crippen LogP contribution in [0.25, 0.3) is 10.9 Å². The standard InChI is InChI=1S/C22H29BrN2O3/c23-18-7-4-8-19-20(18)17(13-25(19)12-10-22(27)14-28-15-22)21(26)24-11-9-16-5-2-1-3-6-16/h4,7-8,13,16,27H,1-3,5-6,9-12,14-15H2,(H,24,26). The molecule has 5 nitrogen and oxygen atoms in total. The molecule has 2 N–H and O–H groups in total. The second kappa shape index (κ2) is 8.56. The van der Waals surface area contributed by atoms with Crippen LogP contribution in [0.1, 0.15) is 55.3 Å². The average Bonchev–Trinajstić information content (AvgIpc) is 3.06. The Labute approximate surface area is 174 Å². The fourth-order valence-corrected chi connectivity index (χ4v) is 5.01. The minimum atomic E-state index is -0.731. The molecule has 1 aliphatic heterocycles. The van der Waals surface area contributed by atoms with E-state index in [1.54, 1.807) is 0 Å². The van der Waals surface area contributed by atoms with Crippen LogP contribution < -0.4 is 5.32 Å². The fourth-order valence-electron chi connectivity index (χ4n) is 4.44. The molecular formula is C22H29BrN2O3. The zero-order valence-corrected chi connectivity index (χ0v) is 17.8. The van der Waals surface area contributed by atoms with Crippen LogP contribution in [0, 0.1) is 5.92 Å². The smallest absolute Gasteiger partial charge is 0.253 e. The highest BCUT2D eigenvalue weighted by Crippen LogP contribution is 2.31. The number of hydrogen-bond acceptors (Lipinski definition) is 3. The van der Waals surface area contributed by atoms with Gasteiger partial charge in [-0.15, -0.1) is 0 Å². The summed E-state index contributed by atoms with van der Waals surface area (Å²) in [4.78, 5) is 12.9. The van der Waals surface area contributed by atoms with Crippen molar-refractivity contribution in [3.63, 3.8) is 0 Å². The molecule has 1 aliphatic carbocycles. The van der Waals surface area contributed by atoms with E-state index in [1.807, 2.05) is 24.4 Å². The van der Waals surface area contributed by atoms with Crippen molar-refractivity contribution in [2.24, 2.45) is 5.92 Å². The molecular weight excluding hydrogens is 420 g/mol. The van der Waals surface area contributed by atoms with E-state index >= 15 is 0 Å². The molecule has 1 amide bonds. The van der Waals surface area contributed by atoms with Gasteiger partial charge in [-0.05, 0) is 30.9 Å². The van der Waals surface area contributed by atoms with Crippen molar-refractivity contribution in [1.29, 1.82) is 0 Å². The quantitative estimate of drug-likeness (QED) is 0.664. The molecule has 0 unspecified atom stereocenters. The summed E-state index contributed by atoms with van der Waals surface area (Å²) in [6.07, 6.45) is 10.2. The van der Waals surface area contributed by atoms with Crippen molar-refractivity contribution in [2.75, 3.05) is 19.8 Å². The topological polar surface area (TPSA) is 63.5 Å². The lowest BCUT2D eigenvalue weighted by molar-refractivity contribution is -0.182. The third-order valence-corrected chi connectivity index (χ3v) is 6.88. The minimum Gasteiger partial charge on any atom is -0.385 e. The highest BCUT2D eigenvalue weighted by atomic mass is 79.9. The Morgan fingerprint density at radius 1 is 1.29 bits per heavy atom. The SMILES string of the molecule is O=C(NCCC1CCCCC1)c1cn(CCC2(O)COC2)c2cccc(Br)c12. The summed E-state index contributed by atoms with van der Waals surface area (Å²) in [5.74, 6) is 0.740. The monoisotopic (exact) mass is 448 g/mol. The summed E-state index contributed by atoms with van der Waals surface area (Å²) in [7, 11) is 0. The van der Waals surface area contributed by atoms with Gasteiger partial charge in [0.1, 0.15) is 5.60 Å². The first-order valence-corrected chi connectivity index (χ1v) is 11.2. The first kappa shape index (κ1) is 19.9. The van der Waals surface area contributed by atoms with Gasteiger partial charge in [0, 0.05) is 34.7 Å². The highest BCUT2D eigenvalue weighted by molar-refractivity contribution is 9.10. The van der Waals surface area contributed by atoms with E-state index in [4.69, 9.17) is 4.74 Å². The molecule has 2 aliphatic rings. The van der Waals surface area contributed by atoms with Crippen LogP contribution in [0.2, 0.25) is 0 Å². The third kappa shape index (κ3) is 4.29. The first-order chi connectivity index (χ1) is 13.6. The van der Waals surface area contributed by atoms with Gasteiger partial charge < -0.3 is 19.7 Å². The summed E-state index contributed by atoms with van der Waals surface area (Å²) in [5.41, 5.74) is 0.976. The average molecular weight is 449 g/mol. The molecule has 2 fully saturated rings. The Morgan fingerprint density at radius 3 is 2.79 bits per heavy atom. The Hall–Kier alpha value is -1.37. The van der Waals surface area contributed by atoms with Crippen LogP contribution in [0.15, 0.2) is 28.9 Å². The molecule has 4 rings (SSSR count). The number of nitrogens with zero attached hydrogens (tertiary/aromatic N) is 1. The Morgan fingerprint density at radius 2 is 2.07 bits per heavy atom. The maximum absolute atomic E-state index is 12.9. The predicted octanol–water partition coefficient (Wildman–Crippen LogP) is 4.26. The molecule has 2 aromatic rings. The second-order valence-electron chi connectivity index (χ2n) is 8.39. The van der Waals surface area contributed by atoms with E-state index in [1.165, 1.54) is 32.1 Å². The lowest BCUT2D eigenvalue weighted by atomic mass is 9.87. The van der Waals surface area contributed by atoms with Gasteiger partial charge in [0.15, 0.2) is 0 Å². The minimum absolute atomic E-state index is 0.0165. The van der Waals surface area contributed by atoms with Crippen molar-refractivity contribution in [3.05, 3.63) is 34.4 Å². The molecule has 152 valence electrons. The van der Waals surface area contributed by atoms with Crippen molar-refractivity contribution in [1.82, 2.24) is 9.88 Å². The number of aryl methyl sites for hydroxylation is 1. The normalized spacial score (nSPS) is 19.5. The number of fused-ring (bicyclic) bond motifs is 1. The molecule has 0 spiro atoms. The molecule has 0 radical (unpaired) electrons. The lowest BCUT2D eigenvalue weighted by Crippen LogP contribution is -2.50. The number of rotatable bonds is 7. The van der Waals surface area contributed by atoms with E-state index in [0.29, 0.717) is 31.7 Å². The van der Waals surface area contributed by atoms with Crippen molar-refractivity contribution >= 4 is 32.7 Å². The maximum Gasteiger partial charge on any atom is 0.253 e. The summed E-state index contributed by atoms with van der Waals surface area (Å²) in [5, 5.41) is 14.4. The van der Waals surface area contributed by atoms with Crippen LogP contribution in [-0.2, 0) is 11.3 Å². The largest absolute Gasteiger partial charge is 0.385 e. The zero-order valence-electron chi connectivity index (χ0n) is 16.3. The van der Waals surface area contributed by atoms with Gasteiger partial charge in [-0.1, -0.05) is 54.1 Å². The number of hydrogen-bond donors (Lipinski definition) is 2. The van der Waals surface area contributed by atoms with Crippen LogP contribution >= 0.6 is 15.9 Å². The van der Waals surface area contributed by atoms with Gasteiger partial charge in [0.2, 0.25) is 0 Å². The maximum atomic E-state index is 12.9. The molecule has 0 bridgehead atoms. The fraction of sp³-hybridized carbons (Fsp3) is 0.591. The lowest BCUT2D eigenvalue weighted by Gasteiger charge is -2.36. The molecule has 2 heterocycles. The number of halogens is 1. The number of nitrogens with one attached hydrogen (secondary N) is 1. The van der Waals surface area contributed by atoms with Gasteiger partial charge in [0.05, 0.1) is 18.8 Å². The molecule has 1 saturated carbocycles. The zero-order chi connectivity index (χ0) is 19.6. The van der Waals surface area contributed by atoms with Gasteiger partial charge in [-0.25, -0.2) is 0 Å². The molecule has 28 heavy (non-hydrogen) atoms. The van der Waals surface area contributed by atoms with Gasteiger partial charge in [0.25, 0.3) is 5.91 Å². The van der Waals surface area contributed by atoms with Crippen molar-refractivity contribution < 1.29 is 14.6 Å². The van der Waals surface area contributed by atoms with E-state index in [0.717, 1.165) is 34.3 Å². The first-order valence-electron chi connectivity index (χ1n) is 10.4. The van der Waals surface area contributed by atoms with Gasteiger partial charge in [-0.2, -0.15) is 0 Å². The van der Waals surface area contributed by atoms with E-state index in [9.17, 15) is 9.90 Å². The van der Waals surface area contributed by atoms with Crippen molar-refractivity contribution in [2.45, 2.75) is 57.1 Å². The summed E-state index contributed by atoms with van der Waals surface area (Å²) >= 11 is 3.61. The number of benzene rings is 1. The molecule has 6 heteroatoms. The summed E-state index contributed by atoms with van der Waals surface area (Å²) < 4.78 is 8.14. The van der Waals surface area contributed by atoms with Crippen molar-refractivity contribution in [3.8, 4) is 0 Å². The second-order valence-corrected chi connectivity index (χ2v) is 9.24. The Kier molecular flexibility index (Phi) is 6.09. The molecule has 0 atom stereocenters. The van der Waals surface area contributed by atoms with Gasteiger partial charge in [-0.3, -0.25) is 4.79 Å². The van der Waals surface area contributed by atoms with Crippen LogP contribution in [-0.4, -0.2) is 40.9 Å². The Balaban J connectivity index is 1.46. The number of aliphatic hydroxyl groups is 1. The van der Waals surface area contributed by atoms with Crippen LogP contribution in [0.3, 0.4) is 0 Å². The number of ether oxygens (including phenoxy) is 1. The van der Waals surface area contributed by atoms with E-state index < -0.39 is 5.60 Å². The molecule has 1 aromatic carbocycles. The number of carbonyl (C=O) groups is 1. The molecule has 1 saturated heterocycles. The summed E-state index contributed by atoms with van der Waals surface area (Å²) in [6.45, 7) is 2.18. The highest BCUT2D eigenvalue weighted by Gasteiger charge is 2.35. The number of amides is 1. The van der Waals surface area contributed by atoms with Gasteiger partial charge >= 0.3 is 0 Å². The van der Waals surface area contributed by atoms with E-state index in [-0.39, 0.29) is 5.91 Å². The Bertz CT molecular complexity index is 838. The van der Waals surface area contributed by atoms with Crippen LogP contribution in [0.4, 0.5) is 0 Å².